The van der Waals surface area contributed by atoms with Crippen LogP contribution in [0.2, 0.25) is 0 Å². The molecule has 114 valence electrons. The molecule has 0 radical (unpaired) electrons. The van der Waals surface area contributed by atoms with Gasteiger partial charge in [0.1, 0.15) is 0 Å². The predicted molar refractivity (Wildman–Crippen MR) is 86.8 cm³/mol. The molecule has 2 N–H and O–H groups in total. The number of hydrogen-bond acceptors (Lipinski definition) is 3. The minimum absolute atomic E-state index is 0.206. The smallest absolute Gasteiger partial charge is 0.228 e. The van der Waals surface area contributed by atoms with E-state index in [-0.39, 0.29) is 11.8 Å². The second-order valence-electron chi connectivity index (χ2n) is 6.75. The van der Waals surface area contributed by atoms with E-state index in [4.69, 9.17) is 0 Å². The molecule has 0 bridgehead atoms. The number of aryl methyl sites for hydroxylation is 1. The van der Waals surface area contributed by atoms with Gasteiger partial charge in [0.2, 0.25) is 5.91 Å². The summed E-state index contributed by atoms with van der Waals surface area (Å²) < 4.78 is 0. The van der Waals surface area contributed by atoms with Gasteiger partial charge >= 0.3 is 0 Å². The molecule has 4 nitrogen and oxygen atoms in total. The number of carbonyl (C=O) groups is 1. The van der Waals surface area contributed by atoms with Crippen molar-refractivity contribution in [3.05, 3.63) is 23.8 Å². The average Bonchev–Trinajstić information content (AvgIpc) is 3.15. The normalized spacial score (nSPS) is 22.9. The van der Waals surface area contributed by atoms with Gasteiger partial charge in [0.05, 0.1) is 0 Å². The Morgan fingerprint density at radius 3 is 2.67 bits per heavy atom. The molecule has 21 heavy (non-hydrogen) atoms. The van der Waals surface area contributed by atoms with Crippen LogP contribution >= 0.6 is 0 Å². The number of amides is 1. The summed E-state index contributed by atoms with van der Waals surface area (Å²) in [6.07, 6.45) is 3.35. The SMILES string of the molecule is Cc1cc(N(C)C)ccc1NC(=O)C1CC12CCNCC2. The second-order valence-corrected chi connectivity index (χ2v) is 6.75. The number of piperidine rings is 1. The quantitative estimate of drug-likeness (QED) is 0.897. The zero-order valence-electron chi connectivity index (χ0n) is 13.2. The lowest BCUT2D eigenvalue weighted by Crippen LogP contribution is -2.31. The van der Waals surface area contributed by atoms with Crippen molar-refractivity contribution in [1.29, 1.82) is 0 Å². The van der Waals surface area contributed by atoms with Crippen molar-refractivity contribution in [2.24, 2.45) is 11.3 Å². The van der Waals surface area contributed by atoms with Crippen LogP contribution in [0.1, 0.15) is 24.8 Å². The molecule has 1 atom stereocenters. The fourth-order valence-electron chi connectivity index (χ4n) is 3.48. The third-order valence-corrected chi connectivity index (χ3v) is 5.09. The van der Waals surface area contributed by atoms with Gasteiger partial charge in [-0.2, -0.15) is 0 Å². The lowest BCUT2D eigenvalue weighted by Gasteiger charge is -2.23. The number of nitrogens with one attached hydrogen (secondary N) is 2. The minimum atomic E-state index is 0.206. The molecule has 1 aliphatic heterocycles. The maximum atomic E-state index is 12.5. The Balaban J connectivity index is 1.66. The Kier molecular flexibility index (Phi) is 3.66. The van der Waals surface area contributed by atoms with Crippen molar-refractivity contribution in [2.75, 3.05) is 37.4 Å². The third kappa shape index (κ3) is 2.77. The molecule has 1 heterocycles. The molecule has 1 aliphatic carbocycles. The molecule has 1 unspecified atom stereocenters. The van der Waals surface area contributed by atoms with Crippen molar-refractivity contribution in [1.82, 2.24) is 5.32 Å². The van der Waals surface area contributed by atoms with Crippen LogP contribution in [0.25, 0.3) is 0 Å². The van der Waals surface area contributed by atoms with E-state index in [1.54, 1.807) is 0 Å². The van der Waals surface area contributed by atoms with E-state index >= 15 is 0 Å². The van der Waals surface area contributed by atoms with Gasteiger partial charge in [-0.05, 0) is 68.5 Å². The van der Waals surface area contributed by atoms with Crippen LogP contribution in [0.4, 0.5) is 11.4 Å². The molecule has 1 saturated carbocycles. The lowest BCUT2D eigenvalue weighted by atomic mass is 9.91. The summed E-state index contributed by atoms with van der Waals surface area (Å²) in [7, 11) is 4.05. The topological polar surface area (TPSA) is 44.4 Å². The van der Waals surface area contributed by atoms with Crippen molar-refractivity contribution >= 4 is 17.3 Å². The molecule has 1 aromatic carbocycles. The van der Waals surface area contributed by atoms with Crippen LogP contribution in [-0.4, -0.2) is 33.1 Å². The van der Waals surface area contributed by atoms with Crippen LogP contribution in [0.5, 0.6) is 0 Å². The summed E-state index contributed by atoms with van der Waals surface area (Å²) in [5.74, 6) is 0.421. The van der Waals surface area contributed by atoms with Gasteiger partial charge < -0.3 is 15.5 Å². The standard InChI is InChI=1S/C17H25N3O/c1-12-10-13(20(2)3)4-5-15(12)19-16(21)14-11-17(14)6-8-18-9-7-17/h4-5,10,14,18H,6-9,11H2,1-3H3,(H,19,21). The first-order chi connectivity index (χ1) is 10.0. The highest BCUT2D eigenvalue weighted by Crippen LogP contribution is 2.58. The lowest BCUT2D eigenvalue weighted by molar-refractivity contribution is -0.118. The molecule has 3 rings (SSSR count). The molecule has 1 spiro atoms. The molecular weight excluding hydrogens is 262 g/mol. The minimum Gasteiger partial charge on any atom is -0.378 e. The monoisotopic (exact) mass is 287 g/mol. The Hall–Kier alpha value is -1.55. The number of hydrogen-bond donors (Lipinski definition) is 2. The molecule has 1 amide bonds. The first-order valence-electron chi connectivity index (χ1n) is 7.81. The van der Waals surface area contributed by atoms with Crippen molar-refractivity contribution in [3.8, 4) is 0 Å². The second kappa shape index (κ2) is 5.34. The first-order valence-corrected chi connectivity index (χ1v) is 7.81. The van der Waals surface area contributed by atoms with E-state index in [0.717, 1.165) is 49.3 Å². The highest BCUT2D eigenvalue weighted by Gasteiger charge is 2.57. The summed E-state index contributed by atoms with van der Waals surface area (Å²) >= 11 is 0. The van der Waals surface area contributed by atoms with Crippen LogP contribution in [-0.2, 0) is 4.79 Å². The van der Waals surface area contributed by atoms with Gasteiger partial charge in [-0.1, -0.05) is 0 Å². The Morgan fingerprint density at radius 1 is 1.33 bits per heavy atom. The molecule has 1 aromatic rings. The largest absolute Gasteiger partial charge is 0.378 e. The third-order valence-electron chi connectivity index (χ3n) is 5.09. The van der Waals surface area contributed by atoms with Gasteiger partial charge in [0.15, 0.2) is 0 Å². The number of rotatable bonds is 3. The van der Waals surface area contributed by atoms with E-state index in [9.17, 15) is 4.79 Å². The van der Waals surface area contributed by atoms with Crippen molar-refractivity contribution in [2.45, 2.75) is 26.2 Å². The molecule has 1 saturated heterocycles. The van der Waals surface area contributed by atoms with E-state index in [1.807, 2.05) is 20.2 Å². The van der Waals surface area contributed by atoms with Gasteiger partial charge in [-0.15, -0.1) is 0 Å². The number of carbonyl (C=O) groups excluding carboxylic acids is 1. The van der Waals surface area contributed by atoms with E-state index in [2.05, 4.69) is 34.6 Å². The van der Waals surface area contributed by atoms with Crippen LogP contribution in [0.15, 0.2) is 18.2 Å². The average molecular weight is 287 g/mol. The summed E-state index contributed by atoms with van der Waals surface area (Å²) in [4.78, 5) is 14.6. The number of anilines is 2. The fourth-order valence-corrected chi connectivity index (χ4v) is 3.48. The fraction of sp³-hybridized carbons (Fsp3) is 0.588. The number of benzene rings is 1. The van der Waals surface area contributed by atoms with Gasteiger partial charge in [0, 0.05) is 31.4 Å². The Labute approximate surface area is 126 Å². The van der Waals surface area contributed by atoms with Crippen LogP contribution in [0.3, 0.4) is 0 Å². The van der Waals surface area contributed by atoms with E-state index in [1.165, 1.54) is 0 Å². The molecule has 2 aliphatic rings. The summed E-state index contributed by atoms with van der Waals surface area (Å²) in [5.41, 5.74) is 3.52. The maximum absolute atomic E-state index is 12.5. The molecular formula is C17H25N3O. The van der Waals surface area contributed by atoms with Crippen molar-refractivity contribution < 1.29 is 4.79 Å². The van der Waals surface area contributed by atoms with Gasteiger partial charge in [-0.3, -0.25) is 4.79 Å². The zero-order chi connectivity index (χ0) is 15.0. The zero-order valence-corrected chi connectivity index (χ0v) is 13.2. The highest BCUT2D eigenvalue weighted by atomic mass is 16.2. The van der Waals surface area contributed by atoms with Gasteiger partial charge in [0.25, 0.3) is 0 Å². The maximum Gasteiger partial charge on any atom is 0.228 e. The van der Waals surface area contributed by atoms with E-state index in [0.29, 0.717) is 5.41 Å². The number of nitrogens with zero attached hydrogens (tertiary/aromatic N) is 1. The van der Waals surface area contributed by atoms with E-state index < -0.39 is 0 Å². The summed E-state index contributed by atoms with van der Waals surface area (Å²) in [6.45, 7) is 4.16. The first kappa shape index (κ1) is 14.4. The molecule has 4 heteroatoms. The summed E-state index contributed by atoms with van der Waals surface area (Å²) in [5, 5.41) is 6.51. The van der Waals surface area contributed by atoms with Gasteiger partial charge in [-0.25, -0.2) is 0 Å². The molecule has 0 aromatic heterocycles. The molecule has 2 fully saturated rings. The summed E-state index contributed by atoms with van der Waals surface area (Å²) in [6, 6.07) is 6.18. The van der Waals surface area contributed by atoms with Crippen molar-refractivity contribution in [3.63, 3.8) is 0 Å². The predicted octanol–water partition coefficient (Wildman–Crippen LogP) is 2.39. The van der Waals surface area contributed by atoms with Crippen LogP contribution in [0, 0.1) is 18.3 Å². The Morgan fingerprint density at radius 2 is 2.05 bits per heavy atom. The Bertz CT molecular complexity index is 547. The van der Waals surface area contributed by atoms with Crippen LogP contribution < -0.4 is 15.5 Å². The highest BCUT2D eigenvalue weighted by molar-refractivity contribution is 5.96.